The molecule has 0 saturated heterocycles. The lowest BCUT2D eigenvalue weighted by atomic mass is 9.96. The predicted molar refractivity (Wildman–Crippen MR) is 543 cm³/mol. The van der Waals surface area contributed by atoms with Crippen LogP contribution < -0.4 is 125 Å². The van der Waals surface area contributed by atoms with Crippen molar-refractivity contribution in [1.29, 1.82) is 0 Å². The Morgan fingerprint density at radius 2 is 0.617 bits per heavy atom. The van der Waals surface area contributed by atoms with E-state index in [4.69, 9.17) is 40.1 Å². The molecule has 3 aromatic rings. The van der Waals surface area contributed by atoms with Gasteiger partial charge in [-0.3, -0.25) is 101 Å². The molecule has 3 rings (SSSR count). The van der Waals surface area contributed by atoms with Crippen molar-refractivity contribution in [3.05, 3.63) is 89.5 Å². The molecule has 19 unspecified atom stereocenters. The van der Waals surface area contributed by atoms with Crippen LogP contribution in [0.25, 0.3) is 0 Å². The van der Waals surface area contributed by atoms with Gasteiger partial charge in [-0.05, 0) is 147 Å². The molecule has 0 bridgehead atoms. The van der Waals surface area contributed by atoms with Crippen molar-refractivity contribution >= 4 is 130 Å². The molecule has 0 aliphatic carbocycles. The van der Waals surface area contributed by atoms with Crippen molar-refractivity contribution in [1.82, 2.24) is 85.1 Å². The van der Waals surface area contributed by atoms with Crippen molar-refractivity contribution < 1.29 is 132 Å². The van der Waals surface area contributed by atoms with E-state index in [2.05, 4.69) is 95.1 Å². The summed E-state index contributed by atoms with van der Waals surface area (Å²) in [6.45, 7) is 17.2. The predicted octanol–water partition coefficient (Wildman–Crippen LogP) is -5.43. The van der Waals surface area contributed by atoms with Crippen LogP contribution in [0.1, 0.15) is 196 Å². The number of phenols is 3. The number of nitrogens with one attached hydrogen (secondary N) is 16. The molecule has 17 amide bonds. The zero-order chi connectivity index (χ0) is 112. The molecule has 0 saturated carbocycles. The zero-order valence-electron chi connectivity index (χ0n) is 86.1. The van der Waals surface area contributed by atoms with Crippen LogP contribution >= 0.6 is 0 Å². The highest BCUT2D eigenvalue weighted by atomic mass is 16.4. The van der Waals surface area contributed by atoms with Gasteiger partial charge in [0.1, 0.15) is 108 Å². The van der Waals surface area contributed by atoms with Crippen LogP contribution in [0.5, 0.6) is 17.2 Å². The molecule has 0 heterocycles. The molecule has 0 aliphatic rings. The third-order valence-corrected chi connectivity index (χ3v) is 24.1. The summed E-state index contributed by atoms with van der Waals surface area (Å²) in [5, 5.41) is 111. The minimum Gasteiger partial charge on any atom is -0.508 e. The van der Waals surface area contributed by atoms with E-state index < -0.39 is 289 Å². The molecule has 52 nitrogen and oxygen atoms in total. The van der Waals surface area contributed by atoms with Gasteiger partial charge in [0.05, 0.1) is 38.5 Å². The molecule has 0 radical (unpaired) electrons. The summed E-state index contributed by atoms with van der Waals surface area (Å²) in [6, 6.07) is -10.4. The van der Waals surface area contributed by atoms with Crippen molar-refractivity contribution in [2.24, 2.45) is 85.6 Å². The van der Waals surface area contributed by atoms with E-state index in [1.165, 1.54) is 100 Å². The first-order valence-electron chi connectivity index (χ1n) is 49.3. The fraction of sp³-hybridized carbons (Fsp3) is 0.588. The van der Waals surface area contributed by atoms with Gasteiger partial charge >= 0.3 is 17.9 Å². The lowest BCUT2D eigenvalue weighted by Gasteiger charge is -2.30. The highest BCUT2D eigenvalue weighted by Gasteiger charge is 2.42. The number of benzene rings is 3. The number of nitrogens with two attached hydrogens (primary N) is 7. The Morgan fingerprint density at radius 1 is 0.322 bits per heavy atom. The number of aliphatic carboxylic acids is 3. The topological polar surface area (TPSA) is 882 Å². The van der Waals surface area contributed by atoms with Crippen molar-refractivity contribution in [2.75, 3.05) is 32.8 Å². The molecule has 3 aromatic carbocycles. The number of aliphatic hydroxyl groups is 1. The summed E-state index contributed by atoms with van der Waals surface area (Å²) in [5.41, 5.74) is 40.6. The van der Waals surface area contributed by atoms with E-state index in [-0.39, 0.29) is 125 Å². The lowest BCUT2D eigenvalue weighted by molar-refractivity contribution is -0.145. The number of guanidine groups is 2. The van der Waals surface area contributed by atoms with Gasteiger partial charge in [0.25, 0.3) is 0 Å². The molecule has 19 atom stereocenters. The number of rotatable bonds is 69. The number of hydrogen-bond acceptors (Lipinski definition) is 28. The number of carboxylic acids is 3. The van der Waals surface area contributed by atoms with E-state index in [9.17, 15) is 127 Å². The number of phenolic OH excluding ortho intramolecular Hbond substituents is 3. The van der Waals surface area contributed by atoms with Crippen LogP contribution in [-0.4, -0.2) is 295 Å². The first-order valence-corrected chi connectivity index (χ1v) is 49.3. The summed E-state index contributed by atoms with van der Waals surface area (Å²) in [5.74, 6) is -28.3. The number of aliphatic imine (C=N–C) groups is 2. The number of nitrogens with zero attached hydrogens (tertiary/aromatic N) is 2. The number of aromatic hydroxyl groups is 3. The van der Waals surface area contributed by atoms with E-state index in [1.54, 1.807) is 55.4 Å². The van der Waals surface area contributed by atoms with Crippen LogP contribution in [-0.2, 0) is 115 Å². The van der Waals surface area contributed by atoms with Gasteiger partial charge in [0.2, 0.25) is 100 Å². The zero-order valence-corrected chi connectivity index (χ0v) is 86.1. The SMILES string of the molecule is CCC(C)C(NC(=O)C(CC(=O)O)NC(=O)C(NC(=O)C(Cc1ccc(O)cc1)NC(=O)C(NC(=O)CNC(=O)C(CC(N)=O)NC(=O)C(NC(=O)C(CC(C)C)NC(=O)C(Cc1ccc(O)cc1)NC(=O)C(CC(=O)O)NC(=O)C(CC(C)C)NC(=O)C(CCCN=C(N)N)NC(=O)C(CO)NC(=O)C(Cc1ccc(O)cc1)NC(=O)C(CCCN=C(N)N)NC(=O)C(N)CCCCN)C(C)CC)C(C)CC)C(C)C)C(=O)O. The Hall–Kier alpha value is -15.1. The summed E-state index contributed by atoms with van der Waals surface area (Å²) in [7, 11) is 0. The Bertz CT molecular complexity index is 5040. The number of primary amides is 1. The molecule has 0 aromatic heterocycles. The first kappa shape index (κ1) is 128. The second-order valence-electron chi connectivity index (χ2n) is 37.8. The molecule has 0 spiro atoms. The number of carbonyl (C=O) groups is 20. The number of amides is 17. The van der Waals surface area contributed by atoms with E-state index >= 15 is 4.79 Å². The summed E-state index contributed by atoms with van der Waals surface area (Å²) < 4.78 is 0. The molecular formula is C97H153N25O27. The standard InChI is InChI=1S/C97H153N25O27/c1-13-51(10)77(93(146)115-67(42-56-27-33-59(126)34-28-56)89(142)120-76(50(8)9)92(145)117-70(45-75(131)132)90(143)122-79(95(148)149)53(12)15-3)119-73(128)46-107-81(134)68(43-72(100)127)116-94(147)78(52(11)14-2)121-88(141)64(39-49(6)7)111-85(138)65(40-54-23-29-57(124)30-24-54)113-87(140)69(44-74(129)130)114-84(137)63(38-48(4)5)110-83(136)62(22-19-37-106-97(103)104)109-91(144)71(47-123)118-86(139)66(41-55-25-31-58(125)32-26-55)112-82(135)61(21-18-36-105-96(101)102)108-80(133)60(99)20-16-17-35-98/h23-34,48-53,60-71,76-79,123-126H,13-22,35-47,98-99H2,1-12H3,(H2,100,127)(H,107,134)(H,108,133)(H,109,144)(H,110,136)(H,111,138)(H,112,135)(H,113,140)(H,114,137)(H,115,146)(H,116,147)(H,117,145)(H,118,139)(H,119,128)(H,120,142)(H,121,141)(H,122,143)(H,129,130)(H,131,132)(H,148,149)(H4,101,102,105)(H4,103,104,106). The second-order valence-corrected chi connectivity index (χ2v) is 37.8. The van der Waals surface area contributed by atoms with Gasteiger partial charge in [0.15, 0.2) is 11.9 Å². The fourth-order valence-corrected chi connectivity index (χ4v) is 15.1. The van der Waals surface area contributed by atoms with Crippen LogP contribution in [0.3, 0.4) is 0 Å². The van der Waals surface area contributed by atoms with Gasteiger partial charge in [-0.25, -0.2) is 4.79 Å². The van der Waals surface area contributed by atoms with Crippen molar-refractivity contribution in [2.45, 2.75) is 295 Å². The third-order valence-electron chi connectivity index (χ3n) is 24.1. The van der Waals surface area contributed by atoms with Gasteiger partial charge < -0.3 is 161 Å². The molecule has 0 fully saturated rings. The summed E-state index contributed by atoms with van der Waals surface area (Å²) >= 11 is 0. The molecular weight excluding hydrogens is 1950 g/mol. The maximum Gasteiger partial charge on any atom is 0.326 e. The molecule has 149 heavy (non-hydrogen) atoms. The Morgan fingerprint density at radius 3 is 0.987 bits per heavy atom. The Labute approximate surface area is 863 Å². The van der Waals surface area contributed by atoms with Crippen LogP contribution in [0.4, 0.5) is 0 Å². The van der Waals surface area contributed by atoms with Gasteiger partial charge in [-0.2, -0.15) is 0 Å². The molecule has 828 valence electrons. The van der Waals surface area contributed by atoms with Gasteiger partial charge in [-0.15, -0.1) is 0 Å². The van der Waals surface area contributed by atoms with Crippen LogP contribution in [0.2, 0.25) is 0 Å². The largest absolute Gasteiger partial charge is 0.508 e. The summed E-state index contributed by atoms with van der Waals surface area (Å²) in [6.07, 6.45) is -3.25. The number of aliphatic hydroxyl groups excluding tert-OH is 1. The normalized spacial score (nSPS) is 15.0. The maximum atomic E-state index is 15.0. The number of carboxylic acid groups (broad SMARTS) is 3. The van der Waals surface area contributed by atoms with E-state index in [0.29, 0.717) is 30.5 Å². The lowest BCUT2D eigenvalue weighted by Crippen LogP contribution is -2.62. The van der Waals surface area contributed by atoms with E-state index in [0.717, 1.165) is 0 Å². The van der Waals surface area contributed by atoms with Crippen molar-refractivity contribution in [3.63, 3.8) is 0 Å². The minimum absolute atomic E-state index is 0.0139. The van der Waals surface area contributed by atoms with Gasteiger partial charge in [0, 0.05) is 32.4 Å². The smallest absolute Gasteiger partial charge is 0.326 e. The second kappa shape index (κ2) is 65.5. The van der Waals surface area contributed by atoms with Crippen molar-refractivity contribution in [3.8, 4) is 17.2 Å². The average Bonchev–Trinajstić information content (AvgIpc) is 0.840. The fourth-order valence-electron chi connectivity index (χ4n) is 15.1. The quantitative estimate of drug-likeness (QED) is 0.0142. The molecule has 37 N–H and O–H groups in total. The Kier molecular flexibility index (Phi) is 56.3. The van der Waals surface area contributed by atoms with Crippen LogP contribution in [0.15, 0.2) is 82.8 Å². The molecule has 0 aliphatic heterocycles. The highest BCUT2D eigenvalue weighted by Crippen LogP contribution is 2.22. The van der Waals surface area contributed by atoms with Crippen LogP contribution in [0, 0.1) is 35.5 Å². The number of hydrogen-bond donors (Lipinski definition) is 30. The third kappa shape index (κ3) is 47.5. The van der Waals surface area contributed by atoms with Gasteiger partial charge in [-0.1, -0.05) is 145 Å². The maximum absolute atomic E-state index is 15.0. The molecule has 52 heteroatoms. The number of carbonyl (C=O) groups excluding carboxylic acids is 17. The monoisotopic (exact) mass is 2100 g/mol. The average molecular weight is 2100 g/mol. The highest BCUT2D eigenvalue weighted by molar-refractivity contribution is 6.03. The summed E-state index contributed by atoms with van der Waals surface area (Å²) in [4.78, 5) is 288. The Balaban J connectivity index is 2.00. The first-order chi connectivity index (χ1) is 70.0. The minimum atomic E-state index is -2.10. The number of unbranched alkanes of at least 4 members (excludes halogenated alkanes) is 1. The van der Waals surface area contributed by atoms with E-state index in [1.807, 2.05) is 0 Å².